The Kier molecular flexibility index (Phi) is 5.00. The molecule has 164 valence electrons. The molecule has 0 saturated heterocycles. The minimum atomic E-state index is -4.02. The van der Waals surface area contributed by atoms with Gasteiger partial charge in [-0.25, -0.2) is 0 Å². The summed E-state index contributed by atoms with van der Waals surface area (Å²) in [7, 11) is -4.02. The first-order valence-corrected chi connectivity index (χ1v) is 12.5. The van der Waals surface area contributed by atoms with Gasteiger partial charge in [-0.05, 0) is 84.3 Å². The number of fused-ring (bicyclic) bond motifs is 5. The lowest BCUT2D eigenvalue weighted by Gasteiger charge is -2.49. The number of nitrogens with two attached hydrogens (primary N) is 1. The molecule has 3 aliphatic carbocycles. The molecule has 0 aromatic heterocycles. The minimum Gasteiger partial charge on any atom is -0.388 e. The van der Waals surface area contributed by atoms with Gasteiger partial charge in [0.05, 0.1) is 6.10 Å². The fourth-order valence-electron chi connectivity index (χ4n) is 6.51. The number of rotatable bonds is 3. The Balaban J connectivity index is 1.43. The number of aryl methyl sites for hydroxylation is 1. The van der Waals surface area contributed by atoms with Crippen LogP contribution in [0.15, 0.2) is 54.1 Å². The van der Waals surface area contributed by atoms with Crippen LogP contribution in [0.3, 0.4) is 0 Å². The predicted octanol–water partition coefficient (Wildman–Crippen LogP) is 4.18. The monoisotopic (exact) mass is 439 g/mol. The molecule has 0 spiro atoms. The number of aliphatic hydroxyl groups excluding tert-OH is 1. The van der Waals surface area contributed by atoms with Gasteiger partial charge in [-0.3, -0.25) is 0 Å². The Morgan fingerprint density at radius 2 is 1.94 bits per heavy atom. The van der Waals surface area contributed by atoms with Crippen molar-refractivity contribution in [3.63, 3.8) is 0 Å². The first-order valence-electron chi connectivity index (χ1n) is 11.0. The van der Waals surface area contributed by atoms with Crippen molar-refractivity contribution in [3.05, 3.63) is 70.8 Å². The molecular formula is C25H29NO4S. The highest BCUT2D eigenvalue weighted by Crippen LogP contribution is 2.62. The Morgan fingerprint density at radius 3 is 2.68 bits per heavy atom. The van der Waals surface area contributed by atoms with Crippen LogP contribution in [-0.2, 0) is 16.7 Å². The zero-order valence-electron chi connectivity index (χ0n) is 17.7. The third-order valence-electron chi connectivity index (χ3n) is 7.93. The number of hydrogen-bond donors (Lipinski definition) is 2. The number of aliphatic hydroxyl groups is 1. The van der Waals surface area contributed by atoms with Crippen molar-refractivity contribution in [1.82, 2.24) is 0 Å². The summed E-state index contributed by atoms with van der Waals surface area (Å²) in [5.74, 6) is 1.69. The molecule has 3 N–H and O–H groups in total. The Morgan fingerprint density at radius 1 is 1.16 bits per heavy atom. The van der Waals surface area contributed by atoms with Crippen molar-refractivity contribution in [2.75, 3.05) is 0 Å². The molecule has 0 radical (unpaired) electrons. The molecule has 3 aliphatic rings. The smallest absolute Gasteiger partial charge is 0.380 e. The maximum absolute atomic E-state index is 11.3. The van der Waals surface area contributed by atoms with Gasteiger partial charge < -0.3 is 9.29 Å². The SMILES string of the molecule is CC12CCC3c4ccc(OS(N)(=O)=O)cc4CCC3C1CC(=Cc1ccccc1)C2O. The molecule has 2 aromatic rings. The lowest BCUT2D eigenvalue weighted by atomic mass is 9.55. The molecule has 5 atom stereocenters. The van der Waals surface area contributed by atoms with Crippen molar-refractivity contribution in [3.8, 4) is 5.75 Å². The summed E-state index contributed by atoms with van der Waals surface area (Å²) >= 11 is 0. The molecule has 5 unspecified atom stereocenters. The van der Waals surface area contributed by atoms with Crippen LogP contribution in [0.4, 0.5) is 0 Å². The van der Waals surface area contributed by atoms with E-state index in [1.165, 1.54) is 5.56 Å². The third-order valence-corrected chi connectivity index (χ3v) is 8.36. The van der Waals surface area contributed by atoms with Crippen LogP contribution in [0.25, 0.3) is 6.08 Å². The van der Waals surface area contributed by atoms with Crippen molar-refractivity contribution in [2.24, 2.45) is 22.4 Å². The van der Waals surface area contributed by atoms with E-state index < -0.39 is 16.4 Å². The Labute approximate surface area is 184 Å². The molecular weight excluding hydrogens is 410 g/mol. The summed E-state index contributed by atoms with van der Waals surface area (Å²) in [6.45, 7) is 2.27. The molecule has 0 aliphatic heterocycles. The summed E-state index contributed by atoms with van der Waals surface area (Å²) in [6.07, 6.45) is 6.68. The van der Waals surface area contributed by atoms with Crippen molar-refractivity contribution in [1.29, 1.82) is 0 Å². The van der Waals surface area contributed by atoms with Crippen LogP contribution < -0.4 is 9.32 Å². The summed E-state index contributed by atoms with van der Waals surface area (Å²) in [5, 5.41) is 16.3. The van der Waals surface area contributed by atoms with Crippen molar-refractivity contribution < 1.29 is 17.7 Å². The van der Waals surface area contributed by atoms with Crippen LogP contribution in [0.2, 0.25) is 0 Å². The van der Waals surface area contributed by atoms with Crippen LogP contribution in [-0.4, -0.2) is 19.6 Å². The standard InChI is InChI=1S/C25H29NO4S/c1-25-12-11-21-20-10-8-19(30-31(26,28)29)14-17(20)7-9-22(21)23(25)15-18(24(25)27)13-16-5-3-2-4-6-16/h2-6,8,10,13-14,21-24,27H,7,9,11-12,15H2,1H3,(H2,26,28,29). The first kappa shape index (κ1) is 20.7. The molecule has 31 heavy (non-hydrogen) atoms. The highest BCUT2D eigenvalue weighted by molar-refractivity contribution is 7.84. The van der Waals surface area contributed by atoms with E-state index in [1.807, 2.05) is 30.3 Å². The topological polar surface area (TPSA) is 89.6 Å². The minimum absolute atomic E-state index is 0.0873. The molecule has 0 bridgehead atoms. The lowest BCUT2D eigenvalue weighted by molar-refractivity contribution is -0.0158. The van der Waals surface area contributed by atoms with Gasteiger partial charge in [0, 0.05) is 5.41 Å². The van der Waals surface area contributed by atoms with Gasteiger partial charge in [-0.15, -0.1) is 0 Å². The first-order chi connectivity index (χ1) is 14.7. The maximum atomic E-state index is 11.3. The van der Waals surface area contributed by atoms with E-state index >= 15 is 0 Å². The quantitative estimate of drug-likeness (QED) is 0.751. The van der Waals surface area contributed by atoms with Gasteiger partial charge in [0.15, 0.2) is 0 Å². The predicted molar refractivity (Wildman–Crippen MR) is 121 cm³/mol. The van der Waals surface area contributed by atoms with Crippen LogP contribution in [0, 0.1) is 17.3 Å². The molecule has 2 fully saturated rings. The highest BCUT2D eigenvalue weighted by Gasteiger charge is 2.56. The van der Waals surface area contributed by atoms with Crippen molar-refractivity contribution >= 4 is 16.4 Å². The maximum Gasteiger partial charge on any atom is 0.380 e. The zero-order valence-corrected chi connectivity index (χ0v) is 18.5. The third kappa shape index (κ3) is 3.71. The molecule has 2 aromatic carbocycles. The summed E-state index contributed by atoms with van der Waals surface area (Å²) < 4.78 is 27.4. The van der Waals surface area contributed by atoms with Crippen molar-refractivity contribution in [2.45, 2.75) is 51.0 Å². The second kappa shape index (κ2) is 7.47. The van der Waals surface area contributed by atoms with E-state index in [0.29, 0.717) is 17.8 Å². The Bertz CT molecular complexity index is 1130. The Hall–Kier alpha value is -2.15. The number of benzene rings is 2. The van der Waals surface area contributed by atoms with E-state index in [2.05, 4.69) is 25.1 Å². The molecule has 5 rings (SSSR count). The van der Waals surface area contributed by atoms with Crippen LogP contribution >= 0.6 is 0 Å². The lowest BCUT2D eigenvalue weighted by Crippen LogP contribution is -2.44. The second-order valence-corrected chi connectivity index (χ2v) is 10.8. The largest absolute Gasteiger partial charge is 0.388 e. The van der Waals surface area contributed by atoms with Gasteiger partial charge in [0.1, 0.15) is 5.75 Å². The van der Waals surface area contributed by atoms with Gasteiger partial charge in [-0.2, -0.15) is 13.6 Å². The summed E-state index contributed by atoms with van der Waals surface area (Å²) in [4.78, 5) is 0. The van der Waals surface area contributed by atoms with Gasteiger partial charge >= 0.3 is 10.3 Å². The van der Waals surface area contributed by atoms with Gasteiger partial charge in [0.2, 0.25) is 0 Å². The molecule has 0 heterocycles. The molecule has 2 saturated carbocycles. The fourth-order valence-corrected chi connectivity index (χ4v) is 6.88. The van der Waals surface area contributed by atoms with E-state index in [-0.39, 0.29) is 11.2 Å². The summed E-state index contributed by atoms with van der Waals surface area (Å²) in [6, 6.07) is 15.8. The van der Waals surface area contributed by atoms with E-state index in [1.54, 1.807) is 6.07 Å². The van der Waals surface area contributed by atoms with E-state index in [9.17, 15) is 13.5 Å². The van der Waals surface area contributed by atoms with Crippen LogP contribution in [0.5, 0.6) is 5.75 Å². The van der Waals surface area contributed by atoms with E-state index in [0.717, 1.165) is 48.8 Å². The van der Waals surface area contributed by atoms with E-state index in [4.69, 9.17) is 9.32 Å². The second-order valence-electron chi connectivity index (χ2n) is 9.63. The molecule has 5 nitrogen and oxygen atoms in total. The molecule has 0 amide bonds. The number of hydrogen-bond acceptors (Lipinski definition) is 4. The molecule has 6 heteroatoms. The highest BCUT2D eigenvalue weighted by atomic mass is 32.2. The van der Waals surface area contributed by atoms with Crippen LogP contribution in [0.1, 0.15) is 55.2 Å². The average Bonchev–Trinajstić information content (AvgIpc) is 2.98. The van der Waals surface area contributed by atoms with Gasteiger partial charge in [-0.1, -0.05) is 49.4 Å². The normalized spacial score (nSPS) is 33.5. The zero-order chi connectivity index (χ0) is 21.8. The van der Waals surface area contributed by atoms with Gasteiger partial charge in [0.25, 0.3) is 0 Å². The summed E-state index contributed by atoms with van der Waals surface area (Å²) in [5.41, 5.74) is 4.67. The fraction of sp³-hybridized carbons (Fsp3) is 0.440. The average molecular weight is 440 g/mol.